The molecule has 4 nitrogen and oxygen atoms in total. The molecule has 0 aromatic rings. The lowest BCUT2D eigenvalue weighted by Crippen LogP contribution is -2.22. The molecule has 0 spiro atoms. The van der Waals surface area contributed by atoms with Gasteiger partial charge in [0.1, 0.15) is 6.10 Å². The quantitative estimate of drug-likeness (QED) is 0.0434. The third kappa shape index (κ3) is 34.2. The molecule has 0 rings (SSSR count). The molecule has 0 heterocycles. The van der Waals surface area contributed by atoms with E-state index in [2.05, 4.69) is 26.0 Å². The molecule has 0 aromatic heterocycles. The average Bonchev–Trinajstić information content (AvgIpc) is 3.00. The van der Waals surface area contributed by atoms with E-state index in [1.54, 1.807) is 0 Å². The van der Waals surface area contributed by atoms with E-state index in [1.165, 1.54) is 154 Å². The van der Waals surface area contributed by atoms with Crippen molar-refractivity contribution >= 4 is 14.3 Å². The van der Waals surface area contributed by atoms with Crippen molar-refractivity contribution in [2.24, 2.45) is 0 Å². The highest BCUT2D eigenvalue weighted by atomic mass is 31.1. The van der Waals surface area contributed by atoms with Gasteiger partial charge in [0.25, 0.3) is 0 Å². The second-order valence-electron chi connectivity index (χ2n) is 12.5. The maximum Gasteiger partial charge on any atom is 0.178 e. The van der Waals surface area contributed by atoms with Gasteiger partial charge in [-0.15, -0.1) is 0 Å². The third-order valence-corrected chi connectivity index (χ3v) is 9.08. The standard InChI is InChI=1S/C37H73O4P/c1-3-5-7-9-11-13-15-17-18-19-21-23-25-27-29-31-33-40-35-36(34-38)41-42-37(39)32-30-28-26-24-22-20-16-14-12-10-8-6-4-2/h17-18,36,38,42H,3-16,19-35H2,1-2H3/b18-17-. The molecule has 5 heteroatoms. The highest BCUT2D eigenvalue weighted by Gasteiger charge is 2.11. The molecule has 0 saturated heterocycles. The summed E-state index contributed by atoms with van der Waals surface area (Å²) in [7, 11) is -0.169. The molecule has 0 aliphatic heterocycles. The second-order valence-corrected chi connectivity index (χ2v) is 13.5. The van der Waals surface area contributed by atoms with Crippen molar-refractivity contribution in [3.05, 3.63) is 12.2 Å². The largest absolute Gasteiger partial charge is 0.394 e. The molecule has 1 N–H and O–H groups in total. The van der Waals surface area contributed by atoms with Crippen molar-refractivity contribution < 1.29 is 19.2 Å². The predicted molar refractivity (Wildman–Crippen MR) is 186 cm³/mol. The van der Waals surface area contributed by atoms with Gasteiger partial charge in [-0.05, 0) is 38.5 Å². The van der Waals surface area contributed by atoms with Gasteiger partial charge >= 0.3 is 0 Å². The first-order valence-electron chi connectivity index (χ1n) is 18.5. The number of hydrogen-bond acceptors (Lipinski definition) is 4. The Morgan fingerprint density at radius 1 is 0.595 bits per heavy atom. The Labute approximate surface area is 264 Å². The van der Waals surface area contributed by atoms with E-state index in [0.29, 0.717) is 19.6 Å². The van der Waals surface area contributed by atoms with Gasteiger partial charge in [-0.1, -0.05) is 161 Å². The minimum absolute atomic E-state index is 0.0908. The minimum atomic E-state index is -0.381. The van der Waals surface area contributed by atoms with Crippen LogP contribution in [0.3, 0.4) is 0 Å². The van der Waals surface area contributed by atoms with Crippen LogP contribution in [-0.4, -0.2) is 36.6 Å². The van der Waals surface area contributed by atoms with Crippen LogP contribution in [0.4, 0.5) is 0 Å². The van der Waals surface area contributed by atoms with Gasteiger partial charge in [0, 0.05) is 13.0 Å². The van der Waals surface area contributed by atoms with Gasteiger partial charge in [-0.3, -0.25) is 4.79 Å². The molecule has 0 saturated carbocycles. The summed E-state index contributed by atoms with van der Waals surface area (Å²) in [6.45, 7) is 5.54. The number of unbranched alkanes of at least 4 members (excludes halogenated alkanes) is 24. The minimum Gasteiger partial charge on any atom is -0.394 e. The van der Waals surface area contributed by atoms with Gasteiger partial charge < -0.3 is 14.4 Å². The van der Waals surface area contributed by atoms with Crippen molar-refractivity contribution in [1.29, 1.82) is 0 Å². The molecule has 250 valence electrons. The summed E-state index contributed by atoms with van der Waals surface area (Å²) in [5.74, 6) is 0. The lowest BCUT2D eigenvalue weighted by atomic mass is 10.0. The van der Waals surface area contributed by atoms with Gasteiger partial charge in [0.2, 0.25) is 0 Å². The van der Waals surface area contributed by atoms with Crippen LogP contribution >= 0.6 is 8.81 Å². The third-order valence-electron chi connectivity index (χ3n) is 8.15. The highest BCUT2D eigenvalue weighted by molar-refractivity contribution is 7.53. The molecule has 42 heavy (non-hydrogen) atoms. The zero-order chi connectivity index (χ0) is 30.6. The number of ether oxygens (including phenoxy) is 1. The van der Waals surface area contributed by atoms with E-state index in [0.717, 1.165) is 19.3 Å². The fraction of sp³-hybridized carbons (Fsp3) is 0.919. The molecule has 0 amide bonds. The molecule has 0 fully saturated rings. The summed E-state index contributed by atoms with van der Waals surface area (Å²) in [4.78, 5) is 12.2. The number of aliphatic hydroxyl groups excluding tert-OH is 1. The van der Waals surface area contributed by atoms with Crippen molar-refractivity contribution in [3.63, 3.8) is 0 Å². The normalized spacial score (nSPS) is 12.7. The molecule has 2 unspecified atom stereocenters. The molecule has 0 radical (unpaired) electrons. The number of carbonyl (C=O) groups excluding carboxylic acids is 1. The van der Waals surface area contributed by atoms with E-state index in [-0.39, 0.29) is 27.0 Å². The summed E-state index contributed by atoms with van der Waals surface area (Å²) in [5, 5.41) is 9.56. The van der Waals surface area contributed by atoms with Crippen LogP contribution < -0.4 is 0 Å². The average molecular weight is 613 g/mol. The Hall–Kier alpha value is -0.280. The van der Waals surface area contributed by atoms with Gasteiger partial charge in [-0.25, -0.2) is 0 Å². The fourth-order valence-corrected chi connectivity index (χ4v) is 6.01. The molecule has 0 bridgehead atoms. The van der Waals surface area contributed by atoms with Crippen LogP contribution in [0.15, 0.2) is 12.2 Å². The monoisotopic (exact) mass is 613 g/mol. The summed E-state index contributed by atoms with van der Waals surface area (Å²) in [6, 6.07) is 0. The Bertz CT molecular complexity index is 554. The van der Waals surface area contributed by atoms with Crippen LogP contribution in [0.2, 0.25) is 0 Å². The molecular weight excluding hydrogens is 539 g/mol. The summed E-state index contributed by atoms with van der Waals surface area (Å²) in [6.07, 6.45) is 40.2. The van der Waals surface area contributed by atoms with Crippen molar-refractivity contribution in [2.75, 3.05) is 19.8 Å². The lowest BCUT2D eigenvalue weighted by molar-refractivity contribution is -0.112. The molecular formula is C37H73O4P. The summed E-state index contributed by atoms with van der Waals surface area (Å²) >= 11 is 0. The maximum absolute atomic E-state index is 12.2. The topological polar surface area (TPSA) is 55.8 Å². The van der Waals surface area contributed by atoms with Crippen LogP contribution in [0.5, 0.6) is 0 Å². The van der Waals surface area contributed by atoms with Crippen molar-refractivity contribution in [3.8, 4) is 0 Å². The van der Waals surface area contributed by atoms with Gasteiger partial charge in [-0.2, -0.15) is 0 Å². The van der Waals surface area contributed by atoms with E-state index >= 15 is 0 Å². The highest BCUT2D eigenvalue weighted by Crippen LogP contribution is 2.21. The lowest BCUT2D eigenvalue weighted by Gasteiger charge is -2.15. The Kier molecular flexibility index (Phi) is 36.7. The predicted octanol–water partition coefficient (Wildman–Crippen LogP) is 12.0. The number of rotatable bonds is 36. The van der Waals surface area contributed by atoms with Gasteiger partial charge in [0.15, 0.2) is 5.52 Å². The Balaban J connectivity index is 3.41. The first kappa shape index (κ1) is 41.7. The van der Waals surface area contributed by atoms with Crippen LogP contribution in [-0.2, 0) is 14.1 Å². The van der Waals surface area contributed by atoms with Crippen LogP contribution in [0.25, 0.3) is 0 Å². The molecule has 0 aliphatic carbocycles. The fourth-order valence-electron chi connectivity index (χ4n) is 5.29. The van der Waals surface area contributed by atoms with E-state index in [4.69, 9.17) is 9.26 Å². The Morgan fingerprint density at radius 3 is 1.45 bits per heavy atom. The first-order valence-corrected chi connectivity index (χ1v) is 19.4. The second kappa shape index (κ2) is 36.9. The first-order chi connectivity index (χ1) is 20.7. The van der Waals surface area contributed by atoms with Crippen LogP contribution in [0, 0.1) is 0 Å². The zero-order valence-corrected chi connectivity index (χ0v) is 29.3. The van der Waals surface area contributed by atoms with Crippen molar-refractivity contribution in [1.82, 2.24) is 0 Å². The molecule has 0 aromatic carbocycles. The molecule has 0 aliphatic rings. The van der Waals surface area contributed by atoms with E-state index in [1.807, 2.05) is 0 Å². The Morgan fingerprint density at radius 2 is 1.00 bits per heavy atom. The zero-order valence-electron chi connectivity index (χ0n) is 28.3. The SMILES string of the molecule is CCCCCCCC/C=C\CCCCCCCCOCC(CO)OPC(=O)CCCCCCCCCCCCCCC. The number of hydrogen-bond donors (Lipinski definition) is 1. The summed E-state index contributed by atoms with van der Waals surface area (Å²) in [5.41, 5.74) is 0.171. The van der Waals surface area contributed by atoms with E-state index in [9.17, 15) is 9.90 Å². The smallest absolute Gasteiger partial charge is 0.178 e. The number of allylic oxidation sites excluding steroid dienone is 2. The van der Waals surface area contributed by atoms with Crippen LogP contribution in [0.1, 0.15) is 194 Å². The van der Waals surface area contributed by atoms with Gasteiger partial charge in [0.05, 0.1) is 22.0 Å². The molecule has 2 atom stereocenters. The number of carbonyl (C=O) groups is 1. The maximum atomic E-state index is 12.2. The number of aliphatic hydroxyl groups is 1. The summed E-state index contributed by atoms with van der Waals surface area (Å²) < 4.78 is 11.4. The van der Waals surface area contributed by atoms with E-state index < -0.39 is 0 Å². The van der Waals surface area contributed by atoms with Crippen molar-refractivity contribution in [2.45, 2.75) is 200 Å².